The SMILES string of the molecule is CCC(C)C(C)=NNC(=O)Cn1nnc2ccccc21. The molecule has 0 bridgehead atoms. The Morgan fingerprint density at radius 1 is 1.45 bits per heavy atom. The van der Waals surface area contributed by atoms with Gasteiger partial charge in [-0.25, -0.2) is 10.1 Å². The largest absolute Gasteiger partial charge is 0.271 e. The van der Waals surface area contributed by atoms with E-state index in [9.17, 15) is 4.79 Å². The first-order chi connectivity index (χ1) is 9.61. The first-order valence-corrected chi connectivity index (χ1v) is 6.73. The van der Waals surface area contributed by atoms with Gasteiger partial charge in [0.05, 0.1) is 5.52 Å². The minimum atomic E-state index is -0.205. The summed E-state index contributed by atoms with van der Waals surface area (Å²) in [5.74, 6) is 0.158. The lowest BCUT2D eigenvalue weighted by Gasteiger charge is -2.08. The number of nitrogens with zero attached hydrogens (tertiary/aromatic N) is 4. The number of carbonyl (C=O) groups excluding carboxylic acids is 1. The molecule has 1 aromatic heterocycles. The van der Waals surface area contributed by atoms with Crippen molar-refractivity contribution in [2.45, 2.75) is 33.7 Å². The summed E-state index contributed by atoms with van der Waals surface area (Å²) < 4.78 is 1.57. The number of aromatic nitrogens is 3. The standard InChI is InChI=1S/C14H19N5O/c1-4-10(2)11(3)15-17-14(20)9-19-13-8-6-5-7-12(13)16-18-19/h5-8,10H,4,9H2,1-3H3,(H,17,20). The van der Waals surface area contributed by atoms with Gasteiger partial charge in [-0.05, 0) is 31.4 Å². The van der Waals surface area contributed by atoms with Crippen LogP contribution in [0.3, 0.4) is 0 Å². The van der Waals surface area contributed by atoms with Gasteiger partial charge in [0.1, 0.15) is 12.1 Å². The van der Waals surface area contributed by atoms with Crippen molar-refractivity contribution in [2.75, 3.05) is 0 Å². The van der Waals surface area contributed by atoms with E-state index in [1.54, 1.807) is 4.68 Å². The second-order valence-electron chi connectivity index (χ2n) is 4.83. The van der Waals surface area contributed by atoms with Crippen molar-refractivity contribution >= 4 is 22.7 Å². The number of fused-ring (bicyclic) bond motifs is 1. The van der Waals surface area contributed by atoms with Crippen molar-refractivity contribution in [1.82, 2.24) is 20.4 Å². The number of hydrogen-bond donors (Lipinski definition) is 1. The molecule has 1 amide bonds. The number of hydrogen-bond acceptors (Lipinski definition) is 4. The van der Waals surface area contributed by atoms with Gasteiger partial charge in [0.25, 0.3) is 5.91 Å². The zero-order valence-electron chi connectivity index (χ0n) is 12.0. The molecule has 1 aromatic carbocycles. The molecule has 6 heteroatoms. The molecule has 6 nitrogen and oxygen atoms in total. The monoisotopic (exact) mass is 273 g/mol. The van der Waals surface area contributed by atoms with Crippen LogP contribution in [-0.4, -0.2) is 26.6 Å². The van der Waals surface area contributed by atoms with E-state index in [0.717, 1.165) is 23.2 Å². The van der Waals surface area contributed by atoms with Gasteiger partial charge in [-0.3, -0.25) is 4.79 Å². The number of para-hydroxylation sites is 1. The maximum Gasteiger partial charge on any atom is 0.261 e. The van der Waals surface area contributed by atoms with E-state index in [2.05, 4.69) is 34.7 Å². The quantitative estimate of drug-likeness (QED) is 0.668. The van der Waals surface area contributed by atoms with E-state index in [0.29, 0.717) is 5.92 Å². The average Bonchev–Trinajstić information content (AvgIpc) is 2.87. The first-order valence-electron chi connectivity index (χ1n) is 6.73. The van der Waals surface area contributed by atoms with Crippen molar-refractivity contribution in [3.05, 3.63) is 24.3 Å². The number of rotatable bonds is 5. The molecular weight excluding hydrogens is 254 g/mol. The van der Waals surface area contributed by atoms with Crippen LogP contribution in [0.5, 0.6) is 0 Å². The lowest BCUT2D eigenvalue weighted by Crippen LogP contribution is -2.25. The zero-order chi connectivity index (χ0) is 14.5. The van der Waals surface area contributed by atoms with Crippen LogP contribution < -0.4 is 5.43 Å². The third-order valence-electron chi connectivity index (χ3n) is 3.40. The number of benzene rings is 1. The molecule has 0 radical (unpaired) electrons. The van der Waals surface area contributed by atoms with Gasteiger partial charge < -0.3 is 0 Å². The van der Waals surface area contributed by atoms with Crippen LogP contribution in [0.25, 0.3) is 11.0 Å². The molecule has 1 unspecified atom stereocenters. The second-order valence-corrected chi connectivity index (χ2v) is 4.83. The molecule has 0 saturated carbocycles. The molecule has 2 aromatic rings. The maximum atomic E-state index is 11.9. The highest BCUT2D eigenvalue weighted by Crippen LogP contribution is 2.09. The average molecular weight is 273 g/mol. The van der Waals surface area contributed by atoms with Crippen LogP contribution in [0.15, 0.2) is 29.4 Å². The smallest absolute Gasteiger partial charge is 0.261 e. The van der Waals surface area contributed by atoms with Gasteiger partial charge in [-0.15, -0.1) is 5.10 Å². The second kappa shape index (κ2) is 6.27. The summed E-state index contributed by atoms with van der Waals surface area (Å²) in [6.07, 6.45) is 0.999. The van der Waals surface area contributed by atoms with E-state index in [1.165, 1.54) is 0 Å². The molecule has 1 heterocycles. The lowest BCUT2D eigenvalue weighted by atomic mass is 10.1. The van der Waals surface area contributed by atoms with Crippen molar-refractivity contribution in [2.24, 2.45) is 11.0 Å². The van der Waals surface area contributed by atoms with Gasteiger partial charge in [0.2, 0.25) is 0 Å². The van der Waals surface area contributed by atoms with Crippen LogP contribution in [-0.2, 0) is 11.3 Å². The number of nitrogens with one attached hydrogen (secondary N) is 1. The number of amides is 1. The molecule has 0 aliphatic heterocycles. The summed E-state index contributed by atoms with van der Waals surface area (Å²) in [4.78, 5) is 11.9. The molecular formula is C14H19N5O. The van der Waals surface area contributed by atoms with Crippen LogP contribution >= 0.6 is 0 Å². The van der Waals surface area contributed by atoms with Crippen LogP contribution in [0.2, 0.25) is 0 Å². The van der Waals surface area contributed by atoms with Crippen LogP contribution in [0.4, 0.5) is 0 Å². The Labute approximate surface area is 117 Å². The minimum absolute atomic E-state index is 0.109. The number of hydrazone groups is 1. The van der Waals surface area contributed by atoms with E-state index in [1.807, 2.05) is 31.2 Å². The van der Waals surface area contributed by atoms with E-state index < -0.39 is 0 Å². The third-order valence-corrected chi connectivity index (χ3v) is 3.40. The topological polar surface area (TPSA) is 72.2 Å². The Hall–Kier alpha value is -2.24. The highest BCUT2D eigenvalue weighted by Gasteiger charge is 2.08. The molecule has 0 spiro atoms. The van der Waals surface area contributed by atoms with Gasteiger partial charge in [-0.2, -0.15) is 5.10 Å². The summed E-state index contributed by atoms with van der Waals surface area (Å²) in [5.41, 5.74) is 5.10. The Morgan fingerprint density at radius 3 is 2.95 bits per heavy atom. The Bertz CT molecular complexity index is 631. The van der Waals surface area contributed by atoms with Crippen molar-refractivity contribution in [1.29, 1.82) is 0 Å². The summed E-state index contributed by atoms with van der Waals surface area (Å²) in [6, 6.07) is 7.53. The van der Waals surface area contributed by atoms with E-state index in [-0.39, 0.29) is 12.5 Å². The zero-order valence-corrected chi connectivity index (χ0v) is 12.0. The van der Waals surface area contributed by atoms with E-state index in [4.69, 9.17) is 0 Å². The van der Waals surface area contributed by atoms with Crippen molar-refractivity contribution in [3.63, 3.8) is 0 Å². The predicted octanol–water partition coefficient (Wildman–Crippen LogP) is 1.97. The van der Waals surface area contributed by atoms with Gasteiger partial charge in [0.15, 0.2) is 0 Å². The van der Waals surface area contributed by atoms with Crippen LogP contribution in [0.1, 0.15) is 27.2 Å². The third kappa shape index (κ3) is 3.20. The first kappa shape index (κ1) is 14.2. The fourth-order valence-corrected chi connectivity index (χ4v) is 1.76. The molecule has 0 aliphatic carbocycles. The van der Waals surface area contributed by atoms with Crippen molar-refractivity contribution < 1.29 is 4.79 Å². The molecule has 20 heavy (non-hydrogen) atoms. The Balaban J connectivity index is 2.02. The lowest BCUT2D eigenvalue weighted by molar-refractivity contribution is -0.121. The highest BCUT2D eigenvalue weighted by molar-refractivity contribution is 5.86. The summed E-state index contributed by atoms with van der Waals surface area (Å²) >= 11 is 0. The highest BCUT2D eigenvalue weighted by atomic mass is 16.2. The summed E-state index contributed by atoms with van der Waals surface area (Å²) in [5, 5.41) is 12.1. The Morgan fingerprint density at radius 2 is 2.20 bits per heavy atom. The van der Waals surface area contributed by atoms with E-state index >= 15 is 0 Å². The number of carbonyl (C=O) groups is 1. The predicted molar refractivity (Wildman–Crippen MR) is 78.2 cm³/mol. The molecule has 1 N–H and O–H groups in total. The summed E-state index contributed by atoms with van der Waals surface area (Å²) in [7, 11) is 0. The Kier molecular flexibility index (Phi) is 4.45. The summed E-state index contributed by atoms with van der Waals surface area (Å²) in [6.45, 7) is 6.19. The molecule has 0 aliphatic rings. The fraction of sp³-hybridized carbons (Fsp3) is 0.429. The van der Waals surface area contributed by atoms with Crippen LogP contribution in [0, 0.1) is 5.92 Å². The minimum Gasteiger partial charge on any atom is -0.271 e. The van der Waals surface area contributed by atoms with Gasteiger partial charge in [0, 0.05) is 5.71 Å². The normalized spacial score (nSPS) is 13.4. The maximum absolute atomic E-state index is 11.9. The van der Waals surface area contributed by atoms with Gasteiger partial charge >= 0.3 is 0 Å². The molecule has 1 atom stereocenters. The fourth-order valence-electron chi connectivity index (χ4n) is 1.76. The van der Waals surface area contributed by atoms with Crippen molar-refractivity contribution in [3.8, 4) is 0 Å². The van der Waals surface area contributed by atoms with Gasteiger partial charge in [-0.1, -0.05) is 31.2 Å². The molecule has 0 fully saturated rings. The molecule has 2 rings (SSSR count). The molecule has 0 saturated heterocycles. The molecule has 106 valence electrons.